The topological polar surface area (TPSA) is 82.9 Å². The average Bonchev–Trinajstić information content (AvgIpc) is 3.22. The highest BCUT2D eigenvalue weighted by molar-refractivity contribution is 7.90. The second-order valence-electron chi connectivity index (χ2n) is 7.61. The van der Waals surface area contributed by atoms with Crippen LogP contribution in [0.1, 0.15) is 11.1 Å². The van der Waals surface area contributed by atoms with Crippen LogP contribution < -0.4 is 4.90 Å². The van der Waals surface area contributed by atoms with Crippen LogP contribution >= 0.6 is 11.3 Å². The van der Waals surface area contributed by atoms with E-state index in [0.717, 1.165) is 21.3 Å². The number of aryl methyl sites for hydroxylation is 1. The standard InChI is InChI=1S/C23H20N4O3S2/c1-16-7-5-11-19-20(16)24-23(31-19)27(15-17-8-3-2-4-9-17)22(28)18-10-6-12-26-13-14-32(29,30)25-21(18)26/h2-12H,13-15H2,1H3. The number of para-hydroxylation sites is 1. The summed E-state index contributed by atoms with van der Waals surface area (Å²) < 4.78 is 29.2. The second-order valence-corrected chi connectivity index (χ2v) is 10.4. The van der Waals surface area contributed by atoms with E-state index in [1.165, 1.54) is 11.3 Å². The first-order valence-corrected chi connectivity index (χ1v) is 12.5. The van der Waals surface area contributed by atoms with Crippen LogP contribution in [-0.4, -0.2) is 42.3 Å². The van der Waals surface area contributed by atoms with Gasteiger partial charge in [-0.2, -0.15) is 0 Å². The molecule has 0 saturated carbocycles. The molecule has 2 aliphatic heterocycles. The quantitative estimate of drug-likeness (QED) is 0.589. The highest BCUT2D eigenvalue weighted by Crippen LogP contribution is 2.33. The smallest absolute Gasteiger partial charge is 0.264 e. The zero-order valence-corrected chi connectivity index (χ0v) is 18.9. The maximum Gasteiger partial charge on any atom is 0.264 e. The highest BCUT2D eigenvalue weighted by Gasteiger charge is 2.33. The van der Waals surface area contributed by atoms with E-state index in [1.807, 2.05) is 55.5 Å². The molecule has 7 nitrogen and oxygen atoms in total. The molecular formula is C23H20N4O3S2. The Morgan fingerprint density at radius 2 is 1.97 bits per heavy atom. The van der Waals surface area contributed by atoms with Crippen molar-refractivity contribution < 1.29 is 13.2 Å². The number of allylic oxidation sites excluding steroid dienone is 2. The minimum Gasteiger partial charge on any atom is -0.331 e. The van der Waals surface area contributed by atoms with Crippen molar-refractivity contribution >= 4 is 48.5 Å². The largest absolute Gasteiger partial charge is 0.331 e. The molecule has 2 aromatic carbocycles. The van der Waals surface area contributed by atoms with E-state index in [4.69, 9.17) is 4.98 Å². The number of hydrogen-bond acceptors (Lipinski definition) is 6. The van der Waals surface area contributed by atoms with E-state index in [2.05, 4.69) is 4.40 Å². The van der Waals surface area contributed by atoms with Crippen LogP contribution in [0.5, 0.6) is 0 Å². The molecule has 0 atom stereocenters. The summed E-state index contributed by atoms with van der Waals surface area (Å²) in [6.07, 6.45) is 5.11. The number of hydrogen-bond donors (Lipinski definition) is 0. The lowest BCUT2D eigenvalue weighted by Crippen LogP contribution is -2.43. The van der Waals surface area contributed by atoms with E-state index in [-0.39, 0.29) is 29.6 Å². The molecule has 162 valence electrons. The van der Waals surface area contributed by atoms with Gasteiger partial charge in [-0.3, -0.25) is 9.69 Å². The molecule has 5 rings (SSSR count). The van der Waals surface area contributed by atoms with Crippen molar-refractivity contribution in [3.05, 3.63) is 83.6 Å². The van der Waals surface area contributed by atoms with Gasteiger partial charge in [0.1, 0.15) is 0 Å². The molecule has 0 saturated heterocycles. The molecular weight excluding hydrogens is 444 g/mol. The predicted octanol–water partition coefficient (Wildman–Crippen LogP) is 3.64. The number of thiazole rings is 1. The molecule has 32 heavy (non-hydrogen) atoms. The number of amides is 1. The van der Waals surface area contributed by atoms with Crippen molar-refractivity contribution in [1.82, 2.24) is 9.88 Å². The minimum absolute atomic E-state index is 0.0762. The molecule has 3 heterocycles. The maximum atomic E-state index is 13.8. The molecule has 0 fully saturated rings. The number of aromatic nitrogens is 1. The maximum absolute atomic E-state index is 13.8. The number of carbonyl (C=O) groups is 1. The fourth-order valence-corrected chi connectivity index (χ4v) is 5.74. The van der Waals surface area contributed by atoms with E-state index < -0.39 is 10.0 Å². The van der Waals surface area contributed by atoms with Crippen LogP contribution in [0.2, 0.25) is 0 Å². The Hall–Kier alpha value is -3.30. The number of carbonyl (C=O) groups excluding carboxylic acids is 1. The van der Waals surface area contributed by atoms with Gasteiger partial charge in [0.25, 0.3) is 15.9 Å². The van der Waals surface area contributed by atoms with Gasteiger partial charge in [-0.1, -0.05) is 53.8 Å². The van der Waals surface area contributed by atoms with Crippen LogP contribution in [0.3, 0.4) is 0 Å². The Labute approximate surface area is 190 Å². The Balaban J connectivity index is 1.60. The zero-order chi connectivity index (χ0) is 22.3. The normalized spacial score (nSPS) is 17.0. The summed E-state index contributed by atoms with van der Waals surface area (Å²) in [5.41, 5.74) is 3.07. The summed E-state index contributed by atoms with van der Waals surface area (Å²) >= 11 is 1.44. The Bertz CT molecular complexity index is 1410. The first kappa shape index (κ1) is 20.6. The second kappa shape index (κ2) is 7.99. The SMILES string of the molecule is Cc1cccc2sc(N(Cc3ccccc3)C(=O)C3=CC=CN4CCS(=O)(=O)N=C34)nc12. The number of sulfonamides is 1. The Kier molecular flexibility index (Phi) is 5.15. The van der Waals surface area contributed by atoms with Crippen molar-refractivity contribution in [1.29, 1.82) is 0 Å². The van der Waals surface area contributed by atoms with Crippen LogP contribution in [0.4, 0.5) is 5.13 Å². The van der Waals surface area contributed by atoms with E-state index >= 15 is 0 Å². The molecule has 0 bridgehead atoms. The lowest BCUT2D eigenvalue weighted by Gasteiger charge is -2.30. The van der Waals surface area contributed by atoms with E-state index in [9.17, 15) is 13.2 Å². The Morgan fingerprint density at radius 3 is 2.75 bits per heavy atom. The Morgan fingerprint density at radius 1 is 1.16 bits per heavy atom. The van der Waals surface area contributed by atoms with Gasteiger partial charge in [-0.05, 0) is 36.3 Å². The number of nitrogens with zero attached hydrogens (tertiary/aromatic N) is 4. The lowest BCUT2D eigenvalue weighted by molar-refractivity contribution is -0.114. The van der Waals surface area contributed by atoms with Gasteiger partial charge in [0.05, 0.1) is 28.1 Å². The number of benzene rings is 2. The number of anilines is 1. The van der Waals surface area contributed by atoms with Crippen molar-refractivity contribution in [3.8, 4) is 0 Å². The number of fused-ring (bicyclic) bond motifs is 2. The third kappa shape index (κ3) is 3.85. The average molecular weight is 465 g/mol. The molecule has 3 aromatic rings. The van der Waals surface area contributed by atoms with Crippen LogP contribution in [-0.2, 0) is 21.4 Å². The van der Waals surface area contributed by atoms with Gasteiger partial charge in [-0.25, -0.2) is 13.4 Å². The molecule has 0 aliphatic carbocycles. The van der Waals surface area contributed by atoms with Crippen LogP contribution in [0.25, 0.3) is 10.2 Å². The monoisotopic (exact) mass is 464 g/mol. The van der Waals surface area contributed by atoms with Gasteiger partial charge < -0.3 is 4.90 Å². The molecule has 0 radical (unpaired) electrons. The number of rotatable bonds is 4. The van der Waals surface area contributed by atoms with Gasteiger partial charge in [-0.15, -0.1) is 4.40 Å². The molecule has 2 aliphatic rings. The van der Waals surface area contributed by atoms with Crippen LogP contribution in [0.15, 0.2) is 76.9 Å². The number of amidine groups is 1. The molecule has 0 spiro atoms. The first-order chi connectivity index (χ1) is 15.4. The van der Waals surface area contributed by atoms with Gasteiger partial charge in [0.2, 0.25) is 0 Å². The summed E-state index contributed by atoms with van der Waals surface area (Å²) in [7, 11) is -3.61. The van der Waals surface area contributed by atoms with Gasteiger partial charge >= 0.3 is 0 Å². The summed E-state index contributed by atoms with van der Waals surface area (Å²) in [5.74, 6) is -0.248. The van der Waals surface area contributed by atoms with Gasteiger partial charge in [0.15, 0.2) is 11.0 Å². The summed E-state index contributed by atoms with van der Waals surface area (Å²) in [4.78, 5) is 21.9. The van der Waals surface area contributed by atoms with Crippen molar-refractivity contribution in [2.24, 2.45) is 4.40 Å². The summed E-state index contributed by atoms with van der Waals surface area (Å²) in [5, 5.41) is 0.560. The molecule has 0 unspecified atom stereocenters. The fraction of sp³-hybridized carbons (Fsp3) is 0.174. The van der Waals surface area contributed by atoms with Gasteiger partial charge in [0, 0.05) is 12.7 Å². The molecule has 0 N–H and O–H groups in total. The lowest BCUT2D eigenvalue weighted by atomic mass is 10.1. The fourth-order valence-electron chi connectivity index (χ4n) is 3.71. The summed E-state index contributed by atoms with van der Waals surface area (Å²) in [6, 6.07) is 15.6. The molecule has 1 aromatic heterocycles. The minimum atomic E-state index is -3.61. The third-order valence-corrected chi connectivity index (χ3v) is 7.55. The first-order valence-electron chi connectivity index (χ1n) is 10.1. The predicted molar refractivity (Wildman–Crippen MR) is 127 cm³/mol. The molecule has 9 heteroatoms. The van der Waals surface area contributed by atoms with E-state index in [0.29, 0.717) is 11.7 Å². The molecule has 1 amide bonds. The van der Waals surface area contributed by atoms with Crippen molar-refractivity contribution in [2.45, 2.75) is 13.5 Å². The van der Waals surface area contributed by atoms with Crippen molar-refractivity contribution in [3.63, 3.8) is 0 Å². The van der Waals surface area contributed by atoms with E-state index in [1.54, 1.807) is 28.2 Å². The van der Waals surface area contributed by atoms with Crippen LogP contribution in [0, 0.1) is 6.92 Å². The zero-order valence-electron chi connectivity index (χ0n) is 17.3. The van der Waals surface area contributed by atoms with Crippen molar-refractivity contribution in [2.75, 3.05) is 17.2 Å². The highest BCUT2D eigenvalue weighted by atomic mass is 32.2. The third-order valence-electron chi connectivity index (χ3n) is 5.36. The summed E-state index contributed by atoms with van der Waals surface area (Å²) in [6.45, 7) is 2.56.